The fourth-order valence-electron chi connectivity index (χ4n) is 0.990. The quantitative estimate of drug-likeness (QED) is 0.403. The third-order valence-electron chi connectivity index (χ3n) is 1.74. The molecule has 14 heavy (non-hydrogen) atoms. The summed E-state index contributed by atoms with van der Waals surface area (Å²) < 4.78 is 5.25. The third-order valence-corrected chi connectivity index (χ3v) is 1.74. The highest BCUT2D eigenvalue weighted by Crippen LogP contribution is 2.13. The van der Waals surface area contributed by atoms with Crippen LogP contribution >= 0.6 is 0 Å². The lowest BCUT2D eigenvalue weighted by Gasteiger charge is -2.06. The average molecular weight is 188 g/mol. The number of aldehydes is 1. The maximum absolute atomic E-state index is 10.4. The van der Waals surface area contributed by atoms with Crippen molar-refractivity contribution in [3.8, 4) is 0 Å². The molecule has 1 rings (SSSR count). The Balaban J connectivity index is 2.71. The van der Waals surface area contributed by atoms with Gasteiger partial charge >= 0.3 is 0 Å². The fourth-order valence-corrected chi connectivity index (χ4v) is 0.990. The van der Waals surface area contributed by atoms with Crippen LogP contribution in [0.5, 0.6) is 0 Å². The molecule has 0 atom stereocenters. The summed E-state index contributed by atoms with van der Waals surface area (Å²) in [6, 6.07) is 7.06. The van der Waals surface area contributed by atoms with Crippen molar-refractivity contribution in [2.24, 2.45) is 0 Å². The monoisotopic (exact) mass is 188 g/mol. The average Bonchev–Trinajstić information content (AvgIpc) is 2.26. The first-order chi connectivity index (χ1) is 6.77. The van der Waals surface area contributed by atoms with Crippen LogP contribution in [0.2, 0.25) is 0 Å². The SMILES string of the molecule is C=CCOC(=C)c1ccc(C=O)cc1. The molecular weight excluding hydrogens is 176 g/mol. The lowest BCUT2D eigenvalue weighted by atomic mass is 10.1. The van der Waals surface area contributed by atoms with Crippen molar-refractivity contribution in [3.05, 3.63) is 54.6 Å². The largest absolute Gasteiger partial charge is 0.490 e. The highest BCUT2D eigenvalue weighted by Gasteiger charge is 1.98. The van der Waals surface area contributed by atoms with Crippen molar-refractivity contribution in [2.45, 2.75) is 0 Å². The molecule has 0 aromatic heterocycles. The van der Waals surface area contributed by atoms with Crippen molar-refractivity contribution >= 4 is 12.0 Å². The van der Waals surface area contributed by atoms with Gasteiger partial charge in [-0.2, -0.15) is 0 Å². The molecule has 0 saturated carbocycles. The van der Waals surface area contributed by atoms with Gasteiger partial charge in [-0.25, -0.2) is 0 Å². The normalized spacial score (nSPS) is 9.14. The Labute approximate surface area is 83.5 Å². The molecule has 0 aliphatic carbocycles. The van der Waals surface area contributed by atoms with Crippen LogP contribution in [-0.2, 0) is 4.74 Å². The molecule has 1 aromatic rings. The van der Waals surface area contributed by atoms with Gasteiger partial charge in [-0.15, -0.1) is 0 Å². The first-order valence-electron chi connectivity index (χ1n) is 4.26. The summed E-state index contributed by atoms with van der Waals surface area (Å²) in [5.74, 6) is 0.586. The highest BCUT2D eigenvalue weighted by atomic mass is 16.5. The number of hydrogen-bond acceptors (Lipinski definition) is 2. The summed E-state index contributed by atoms with van der Waals surface area (Å²) in [6.45, 7) is 7.74. The first kappa shape index (κ1) is 10.3. The van der Waals surface area contributed by atoms with E-state index in [2.05, 4.69) is 13.2 Å². The molecule has 2 heteroatoms. The lowest BCUT2D eigenvalue weighted by Crippen LogP contribution is -1.91. The van der Waals surface area contributed by atoms with E-state index in [0.717, 1.165) is 11.8 Å². The van der Waals surface area contributed by atoms with E-state index >= 15 is 0 Å². The van der Waals surface area contributed by atoms with Gasteiger partial charge in [0, 0.05) is 11.1 Å². The zero-order valence-corrected chi connectivity index (χ0v) is 7.90. The molecule has 0 unspecified atom stereocenters. The molecule has 0 aliphatic rings. The molecule has 0 N–H and O–H groups in total. The molecule has 0 radical (unpaired) electrons. The van der Waals surface area contributed by atoms with E-state index in [1.807, 2.05) is 0 Å². The number of benzene rings is 1. The molecule has 0 bridgehead atoms. The smallest absolute Gasteiger partial charge is 0.150 e. The third kappa shape index (κ3) is 2.59. The number of carbonyl (C=O) groups is 1. The van der Waals surface area contributed by atoms with Crippen LogP contribution in [0.3, 0.4) is 0 Å². The van der Waals surface area contributed by atoms with Gasteiger partial charge < -0.3 is 4.74 Å². The van der Waals surface area contributed by atoms with Gasteiger partial charge in [-0.1, -0.05) is 43.5 Å². The van der Waals surface area contributed by atoms with Gasteiger partial charge in [-0.3, -0.25) is 4.79 Å². The highest BCUT2D eigenvalue weighted by molar-refractivity contribution is 5.75. The Kier molecular flexibility index (Phi) is 3.68. The van der Waals surface area contributed by atoms with Crippen molar-refractivity contribution < 1.29 is 9.53 Å². The molecule has 0 spiro atoms. The molecule has 1 aromatic carbocycles. The Morgan fingerprint density at radius 1 is 1.36 bits per heavy atom. The van der Waals surface area contributed by atoms with Gasteiger partial charge in [0.05, 0.1) is 0 Å². The van der Waals surface area contributed by atoms with Crippen molar-refractivity contribution in [3.63, 3.8) is 0 Å². The van der Waals surface area contributed by atoms with Crippen LogP contribution in [0.4, 0.5) is 0 Å². The van der Waals surface area contributed by atoms with Gasteiger partial charge in [-0.05, 0) is 0 Å². The van der Waals surface area contributed by atoms with Gasteiger partial charge in [0.2, 0.25) is 0 Å². The number of rotatable bonds is 5. The van der Waals surface area contributed by atoms with Gasteiger partial charge in [0.1, 0.15) is 18.7 Å². The van der Waals surface area contributed by atoms with E-state index in [0.29, 0.717) is 17.9 Å². The molecule has 2 nitrogen and oxygen atoms in total. The van der Waals surface area contributed by atoms with Crippen LogP contribution in [0.15, 0.2) is 43.5 Å². The van der Waals surface area contributed by atoms with E-state index in [4.69, 9.17) is 4.74 Å². The standard InChI is InChI=1S/C12H12O2/c1-3-8-14-10(2)12-6-4-11(9-13)5-7-12/h3-7,9H,1-2,8H2. The minimum absolute atomic E-state index is 0.439. The number of ether oxygens (including phenoxy) is 1. The fraction of sp³-hybridized carbons (Fsp3) is 0.0833. The zero-order valence-electron chi connectivity index (χ0n) is 7.90. The Morgan fingerprint density at radius 3 is 2.50 bits per heavy atom. The van der Waals surface area contributed by atoms with E-state index in [1.54, 1.807) is 30.3 Å². The second-order valence-electron chi connectivity index (χ2n) is 2.76. The summed E-state index contributed by atoms with van der Waals surface area (Å²) >= 11 is 0. The molecular formula is C12H12O2. The zero-order chi connectivity index (χ0) is 10.4. The second kappa shape index (κ2) is 5.02. The van der Waals surface area contributed by atoms with Crippen LogP contribution < -0.4 is 0 Å². The van der Waals surface area contributed by atoms with Crippen LogP contribution in [0.25, 0.3) is 5.76 Å². The summed E-state index contributed by atoms with van der Waals surface area (Å²) in [5, 5.41) is 0. The maximum Gasteiger partial charge on any atom is 0.150 e. The summed E-state index contributed by atoms with van der Waals surface area (Å²) in [5.41, 5.74) is 1.52. The van der Waals surface area contributed by atoms with E-state index in [-0.39, 0.29) is 0 Å². The number of hydrogen-bond donors (Lipinski definition) is 0. The summed E-state index contributed by atoms with van der Waals surface area (Å²) in [7, 11) is 0. The van der Waals surface area contributed by atoms with Crippen LogP contribution in [0, 0.1) is 0 Å². The molecule has 72 valence electrons. The molecule has 0 saturated heterocycles. The summed E-state index contributed by atoms with van der Waals surface area (Å²) in [4.78, 5) is 10.4. The minimum Gasteiger partial charge on any atom is -0.490 e. The predicted octanol–water partition coefficient (Wildman–Crippen LogP) is 2.67. The van der Waals surface area contributed by atoms with Crippen LogP contribution in [0.1, 0.15) is 15.9 Å². The van der Waals surface area contributed by atoms with Gasteiger partial charge in [0.15, 0.2) is 0 Å². The first-order valence-corrected chi connectivity index (χ1v) is 4.26. The maximum atomic E-state index is 10.4. The Hall–Kier alpha value is -1.83. The van der Waals surface area contributed by atoms with E-state index in [9.17, 15) is 4.79 Å². The lowest BCUT2D eigenvalue weighted by molar-refractivity contribution is 0.112. The minimum atomic E-state index is 0.439. The molecule has 0 fully saturated rings. The van der Waals surface area contributed by atoms with Crippen molar-refractivity contribution in [1.29, 1.82) is 0 Å². The van der Waals surface area contributed by atoms with Crippen molar-refractivity contribution in [2.75, 3.05) is 6.61 Å². The Morgan fingerprint density at radius 2 is 2.00 bits per heavy atom. The Bertz CT molecular complexity index is 336. The molecule has 0 amide bonds. The molecule has 0 heterocycles. The predicted molar refractivity (Wildman–Crippen MR) is 57.0 cm³/mol. The van der Waals surface area contributed by atoms with Crippen LogP contribution in [-0.4, -0.2) is 12.9 Å². The molecule has 0 aliphatic heterocycles. The van der Waals surface area contributed by atoms with E-state index in [1.165, 1.54) is 0 Å². The number of carbonyl (C=O) groups excluding carboxylic acids is 1. The van der Waals surface area contributed by atoms with E-state index < -0.39 is 0 Å². The second-order valence-corrected chi connectivity index (χ2v) is 2.76. The summed E-state index contributed by atoms with van der Waals surface area (Å²) in [6.07, 6.45) is 2.46. The van der Waals surface area contributed by atoms with Crippen molar-refractivity contribution in [1.82, 2.24) is 0 Å². The van der Waals surface area contributed by atoms with Gasteiger partial charge in [0.25, 0.3) is 0 Å². The topological polar surface area (TPSA) is 26.3 Å².